The van der Waals surface area contributed by atoms with Crippen molar-refractivity contribution in [2.45, 2.75) is 6.54 Å². The molecular formula is C21H12BrF2N7O. The fourth-order valence-electron chi connectivity index (χ4n) is 3.05. The molecule has 0 saturated heterocycles. The highest BCUT2D eigenvalue weighted by Crippen LogP contribution is 2.23. The van der Waals surface area contributed by atoms with Crippen LogP contribution in [0.5, 0.6) is 11.6 Å². The van der Waals surface area contributed by atoms with Gasteiger partial charge in [0.15, 0.2) is 5.82 Å². The average Bonchev–Trinajstić information content (AvgIpc) is 3.16. The molecule has 0 atom stereocenters. The van der Waals surface area contributed by atoms with Crippen molar-refractivity contribution < 1.29 is 13.5 Å². The number of hydrogen-bond acceptors (Lipinski definition) is 7. The fourth-order valence-corrected chi connectivity index (χ4v) is 3.25. The molecule has 2 aromatic carbocycles. The number of fused-ring (bicyclic) bond motifs is 1. The van der Waals surface area contributed by atoms with Crippen molar-refractivity contribution in [1.29, 1.82) is 0 Å². The summed E-state index contributed by atoms with van der Waals surface area (Å²) in [6, 6.07) is 10.6. The van der Waals surface area contributed by atoms with Crippen LogP contribution in [-0.4, -0.2) is 34.9 Å². The van der Waals surface area contributed by atoms with Crippen LogP contribution < -0.4 is 4.74 Å². The molecule has 32 heavy (non-hydrogen) atoms. The smallest absolute Gasteiger partial charge is 0.240 e. The van der Waals surface area contributed by atoms with Crippen LogP contribution in [0.15, 0.2) is 65.5 Å². The molecule has 0 bridgehead atoms. The maximum absolute atomic E-state index is 13.4. The van der Waals surface area contributed by atoms with E-state index in [1.807, 2.05) is 24.3 Å². The minimum absolute atomic E-state index is 0.0302. The molecule has 0 aliphatic carbocycles. The van der Waals surface area contributed by atoms with Gasteiger partial charge in [0.2, 0.25) is 17.2 Å². The summed E-state index contributed by atoms with van der Waals surface area (Å²) in [6.07, 6.45) is 4.68. The van der Waals surface area contributed by atoms with Crippen LogP contribution in [0.1, 0.15) is 5.56 Å². The highest BCUT2D eigenvalue weighted by molar-refractivity contribution is 9.10. The van der Waals surface area contributed by atoms with E-state index in [2.05, 4.69) is 46.2 Å². The van der Waals surface area contributed by atoms with Gasteiger partial charge >= 0.3 is 0 Å². The SMILES string of the molecule is Fc1cc(F)cc(Oc2cnc3nnn(Cc4cccc(-c5ncc(Br)cn5)c4)c3n2)c1. The third-order valence-corrected chi connectivity index (χ3v) is 4.81. The summed E-state index contributed by atoms with van der Waals surface area (Å²) < 4.78 is 34.7. The number of ether oxygens (including phenoxy) is 1. The molecule has 0 fully saturated rings. The molecule has 0 amide bonds. The quantitative estimate of drug-likeness (QED) is 0.352. The molecule has 5 rings (SSSR count). The first-order valence-corrected chi connectivity index (χ1v) is 10.1. The van der Waals surface area contributed by atoms with E-state index in [1.54, 1.807) is 17.1 Å². The van der Waals surface area contributed by atoms with Gasteiger partial charge < -0.3 is 4.74 Å². The fraction of sp³-hybridized carbons (Fsp3) is 0.0476. The van der Waals surface area contributed by atoms with Crippen LogP contribution in [0.3, 0.4) is 0 Å². The third kappa shape index (κ3) is 4.28. The van der Waals surface area contributed by atoms with Gasteiger partial charge in [0.25, 0.3) is 0 Å². The molecule has 0 N–H and O–H groups in total. The van der Waals surface area contributed by atoms with Crippen LogP contribution in [-0.2, 0) is 6.54 Å². The van der Waals surface area contributed by atoms with Crippen molar-refractivity contribution in [1.82, 2.24) is 34.9 Å². The van der Waals surface area contributed by atoms with Crippen LogP contribution in [0.25, 0.3) is 22.7 Å². The van der Waals surface area contributed by atoms with Gasteiger partial charge in [-0.05, 0) is 27.6 Å². The largest absolute Gasteiger partial charge is 0.437 e. The summed E-state index contributed by atoms with van der Waals surface area (Å²) in [6.45, 7) is 0.355. The Bertz CT molecular complexity index is 1410. The highest BCUT2D eigenvalue weighted by atomic mass is 79.9. The summed E-state index contributed by atoms with van der Waals surface area (Å²) in [7, 11) is 0. The van der Waals surface area contributed by atoms with Gasteiger partial charge in [-0.3, -0.25) is 0 Å². The van der Waals surface area contributed by atoms with Gasteiger partial charge in [-0.15, -0.1) is 5.10 Å². The first-order chi connectivity index (χ1) is 15.5. The molecular weight excluding hydrogens is 484 g/mol. The summed E-state index contributed by atoms with van der Waals surface area (Å²) in [5.74, 6) is -0.887. The van der Waals surface area contributed by atoms with E-state index in [-0.39, 0.29) is 11.6 Å². The van der Waals surface area contributed by atoms with Gasteiger partial charge in [0.05, 0.1) is 17.2 Å². The van der Waals surface area contributed by atoms with E-state index < -0.39 is 11.6 Å². The molecule has 5 aromatic rings. The monoisotopic (exact) mass is 495 g/mol. The van der Waals surface area contributed by atoms with Gasteiger partial charge in [-0.1, -0.05) is 23.4 Å². The molecule has 0 saturated carbocycles. The summed E-state index contributed by atoms with van der Waals surface area (Å²) >= 11 is 3.33. The number of benzene rings is 2. The lowest BCUT2D eigenvalue weighted by Gasteiger charge is -2.07. The maximum atomic E-state index is 13.4. The Labute approximate surface area is 188 Å². The lowest BCUT2D eigenvalue weighted by atomic mass is 10.1. The molecule has 0 radical (unpaired) electrons. The van der Waals surface area contributed by atoms with Gasteiger partial charge in [-0.25, -0.2) is 28.4 Å². The van der Waals surface area contributed by atoms with Gasteiger partial charge in [0, 0.05) is 36.2 Å². The zero-order valence-corrected chi connectivity index (χ0v) is 17.7. The number of halogens is 3. The second-order valence-corrected chi connectivity index (χ2v) is 7.65. The molecule has 158 valence electrons. The van der Waals surface area contributed by atoms with Crippen molar-refractivity contribution in [3.8, 4) is 23.0 Å². The third-order valence-electron chi connectivity index (χ3n) is 4.40. The highest BCUT2D eigenvalue weighted by Gasteiger charge is 2.12. The Morgan fingerprint density at radius 3 is 2.50 bits per heavy atom. The Morgan fingerprint density at radius 1 is 0.938 bits per heavy atom. The molecule has 0 aliphatic heterocycles. The number of rotatable bonds is 5. The van der Waals surface area contributed by atoms with Crippen molar-refractivity contribution in [3.05, 3.63) is 82.7 Å². The summed E-state index contributed by atoms with van der Waals surface area (Å²) in [5.41, 5.74) is 2.45. The Balaban J connectivity index is 1.43. The Hall–Kier alpha value is -3.86. The lowest BCUT2D eigenvalue weighted by molar-refractivity contribution is 0.450. The van der Waals surface area contributed by atoms with Crippen molar-refractivity contribution in [3.63, 3.8) is 0 Å². The summed E-state index contributed by atoms with van der Waals surface area (Å²) in [5, 5.41) is 8.13. The molecule has 8 nitrogen and oxygen atoms in total. The van der Waals surface area contributed by atoms with E-state index in [4.69, 9.17) is 4.74 Å². The molecule has 0 aliphatic rings. The van der Waals surface area contributed by atoms with E-state index in [1.165, 1.54) is 6.20 Å². The molecule has 0 spiro atoms. The molecule has 11 heteroatoms. The van der Waals surface area contributed by atoms with Gasteiger partial charge in [-0.2, -0.15) is 4.98 Å². The predicted molar refractivity (Wildman–Crippen MR) is 114 cm³/mol. The first-order valence-electron chi connectivity index (χ1n) is 9.30. The predicted octanol–water partition coefficient (Wildman–Crippen LogP) is 4.56. The molecule has 3 heterocycles. The lowest BCUT2D eigenvalue weighted by Crippen LogP contribution is -2.04. The average molecular weight is 496 g/mol. The van der Waals surface area contributed by atoms with Gasteiger partial charge in [0.1, 0.15) is 17.4 Å². The zero-order valence-electron chi connectivity index (χ0n) is 16.2. The summed E-state index contributed by atoms with van der Waals surface area (Å²) in [4.78, 5) is 17.1. The molecule has 0 unspecified atom stereocenters. The van der Waals surface area contributed by atoms with E-state index in [0.29, 0.717) is 23.7 Å². The van der Waals surface area contributed by atoms with E-state index in [0.717, 1.165) is 33.8 Å². The first kappa shape index (κ1) is 20.1. The van der Waals surface area contributed by atoms with Crippen LogP contribution in [0.2, 0.25) is 0 Å². The zero-order chi connectivity index (χ0) is 22.1. The van der Waals surface area contributed by atoms with Crippen molar-refractivity contribution in [2.75, 3.05) is 0 Å². The van der Waals surface area contributed by atoms with Crippen molar-refractivity contribution in [2.24, 2.45) is 0 Å². The Kier molecular flexibility index (Phi) is 5.23. The Morgan fingerprint density at radius 2 is 1.72 bits per heavy atom. The van der Waals surface area contributed by atoms with Crippen molar-refractivity contribution >= 4 is 27.2 Å². The van der Waals surface area contributed by atoms with E-state index >= 15 is 0 Å². The maximum Gasteiger partial charge on any atom is 0.240 e. The van der Waals surface area contributed by atoms with Crippen LogP contribution in [0, 0.1) is 11.6 Å². The minimum atomic E-state index is -0.754. The number of hydrogen-bond donors (Lipinski definition) is 0. The second kappa shape index (κ2) is 8.35. The minimum Gasteiger partial charge on any atom is -0.437 e. The standard InChI is InChI=1S/C21H12BrF2N7O/c22-14-8-25-19(26-9-14)13-3-1-2-12(4-13)11-31-21-20(29-30-31)27-10-18(28-21)32-17-6-15(23)5-16(24)7-17/h1-10H,11H2. The normalized spacial score (nSPS) is 11.1. The topological polar surface area (TPSA) is 91.5 Å². The molecule has 3 aromatic heterocycles. The number of nitrogens with zero attached hydrogens (tertiary/aromatic N) is 7. The number of aromatic nitrogens is 7. The second-order valence-electron chi connectivity index (χ2n) is 6.74. The van der Waals surface area contributed by atoms with Crippen LogP contribution in [0.4, 0.5) is 8.78 Å². The van der Waals surface area contributed by atoms with E-state index in [9.17, 15) is 8.78 Å². The van der Waals surface area contributed by atoms with Crippen LogP contribution >= 0.6 is 15.9 Å².